The number of hydrogen-bond acceptors (Lipinski definition) is 6. The van der Waals surface area contributed by atoms with Crippen molar-refractivity contribution in [2.24, 2.45) is 0 Å². The summed E-state index contributed by atoms with van der Waals surface area (Å²) in [5.41, 5.74) is 7.35. The number of rotatable bonds is 5. The van der Waals surface area contributed by atoms with Crippen LogP contribution in [-0.4, -0.2) is 19.9 Å². The van der Waals surface area contributed by atoms with Crippen molar-refractivity contribution in [2.45, 2.75) is 0 Å². The molecule has 3 heterocycles. The van der Waals surface area contributed by atoms with Gasteiger partial charge in [0.25, 0.3) is 0 Å². The number of hydrogen-bond donors (Lipinski definition) is 0. The molecule has 0 atom stereocenters. The molecule has 0 fully saturated rings. The Bertz CT molecular complexity index is 3220. The third-order valence-corrected chi connectivity index (χ3v) is 12.3. The molecule has 0 radical (unpaired) electrons. The van der Waals surface area contributed by atoms with Gasteiger partial charge >= 0.3 is 0 Å². The van der Waals surface area contributed by atoms with Crippen molar-refractivity contribution in [3.63, 3.8) is 0 Å². The van der Waals surface area contributed by atoms with Crippen LogP contribution in [0.4, 0.5) is 0 Å². The van der Waals surface area contributed by atoms with Crippen LogP contribution in [0.15, 0.2) is 170 Å². The number of thiazole rings is 1. The van der Waals surface area contributed by atoms with Gasteiger partial charge in [-0.05, 0) is 69.1 Å². The van der Waals surface area contributed by atoms with Gasteiger partial charge < -0.3 is 0 Å². The molecular formula is C48H28N4S2. The van der Waals surface area contributed by atoms with Crippen molar-refractivity contribution in [1.82, 2.24) is 19.9 Å². The Morgan fingerprint density at radius 2 is 0.963 bits per heavy atom. The van der Waals surface area contributed by atoms with E-state index >= 15 is 0 Å². The first kappa shape index (κ1) is 31.0. The van der Waals surface area contributed by atoms with Gasteiger partial charge in [-0.25, -0.2) is 19.9 Å². The molecular weight excluding hydrogens is 697 g/mol. The number of thiophene rings is 1. The Morgan fingerprint density at radius 1 is 0.315 bits per heavy atom. The predicted molar refractivity (Wildman–Crippen MR) is 228 cm³/mol. The molecule has 54 heavy (non-hydrogen) atoms. The van der Waals surface area contributed by atoms with Crippen LogP contribution in [0.3, 0.4) is 0 Å². The van der Waals surface area contributed by atoms with Crippen LogP contribution in [0, 0.1) is 0 Å². The van der Waals surface area contributed by atoms with Crippen LogP contribution >= 0.6 is 22.7 Å². The largest absolute Gasteiger partial charge is 0.236 e. The average molecular weight is 725 g/mol. The lowest BCUT2D eigenvalue weighted by Gasteiger charge is -2.13. The first-order valence-corrected chi connectivity index (χ1v) is 19.5. The van der Waals surface area contributed by atoms with Crippen molar-refractivity contribution < 1.29 is 0 Å². The molecule has 0 aliphatic rings. The summed E-state index contributed by atoms with van der Waals surface area (Å²) >= 11 is 3.58. The van der Waals surface area contributed by atoms with Gasteiger partial charge in [0.15, 0.2) is 17.5 Å². The fourth-order valence-electron chi connectivity index (χ4n) is 7.41. The highest BCUT2D eigenvalue weighted by atomic mass is 32.1. The van der Waals surface area contributed by atoms with Gasteiger partial charge in [-0.1, -0.05) is 133 Å². The second-order valence-electron chi connectivity index (χ2n) is 13.5. The zero-order valence-corrected chi connectivity index (χ0v) is 30.4. The standard InChI is InChI=1S/C48H28N4S2/c1-3-12-30(13-4-1)45-50-46(35-20-19-29-11-7-8-16-32(29)23-35)52-47(51-45)40-25-36(24-34-17-9-10-18-37(34)40)33-21-22-38-39-27-44-41(28-43(39)53-42(38)26-33)49-48(54-44)31-14-5-2-6-15-31/h1-28H. The minimum atomic E-state index is 0.648. The third-order valence-electron chi connectivity index (χ3n) is 10.1. The lowest BCUT2D eigenvalue weighted by Crippen LogP contribution is -2.01. The molecule has 0 N–H and O–H groups in total. The van der Waals surface area contributed by atoms with Crippen molar-refractivity contribution in [3.05, 3.63) is 170 Å². The maximum absolute atomic E-state index is 5.19. The Kier molecular flexibility index (Phi) is 7.18. The van der Waals surface area contributed by atoms with Gasteiger partial charge in [0.05, 0.1) is 10.2 Å². The minimum absolute atomic E-state index is 0.648. The second kappa shape index (κ2) is 12.5. The monoisotopic (exact) mass is 724 g/mol. The molecule has 0 aliphatic heterocycles. The van der Waals surface area contributed by atoms with E-state index in [1.165, 1.54) is 30.3 Å². The van der Waals surface area contributed by atoms with E-state index in [-0.39, 0.29) is 0 Å². The Morgan fingerprint density at radius 3 is 1.80 bits per heavy atom. The van der Waals surface area contributed by atoms with E-state index in [0.717, 1.165) is 60.1 Å². The summed E-state index contributed by atoms with van der Waals surface area (Å²) in [6.07, 6.45) is 0. The van der Waals surface area contributed by atoms with Crippen LogP contribution < -0.4 is 0 Å². The number of aromatic nitrogens is 4. The van der Waals surface area contributed by atoms with Crippen LogP contribution in [0.5, 0.6) is 0 Å². The normalized spacial score (nSPS) is 11.7. The number of nitrogens with zero attached hydrogens (tertiary/aromatic N) is 4. The Balaban J connectivity index is 1.06. The van der Waals surface area contributed by atoms with E-state index < -0.39 is 0 Å². The zero-order chi connectivity index (χ0) is 35.6. The van der Waals surface area contributed by atoms with Gasteiger partial charge in [0.2, 0.25) is 0 Å². The minimum Gasteiger partial charge on any atom is -0.236 e. The van der Waals surface area contributed by atoms with Crippen molar-refractivity contribution in [1.29, 1.82) is 0 Å². The van der Waals surface area contributed by atoms with E-state index in [4.69, 9.17) is 19.9 Å². The summed E-state index contributed by atoms with van der Waals surface area (Å²) in [6.45, 7) is 0. The third kappa shape index (κ3) is 5.35. The van der Waals surface area contributed by atoms with Crippen LogP contribution in [-0.2, 0) is 0 Å². The summed E-state index contributed by atoms with van der Waals surface area (Å²) in [7, 11) is 0. The van der Waals surface area contributed by atoms with Crippen molar-refractivity contribution in [2.75, 3.05) is 0 Å². The molecule has 8 aromatic carbocycles. The van der Waals surface area contributed by atoms with Crippen LogP contribution in [0.2, 0.25) is 0 Å². The zero-order valence-electron chi connectivity index (χ0n) is 28.8. The number of fused-ring (bicyclic) bond motifs is 6. The fourth-order valence-corrected chi connectivity index (χ4v) is 9.57. The van der Waals surface area contributed by atoms with Gasteiger partial charge in [0, 0.05) is 42.4 Å². The molecule has 11 rings (SSSR count). The fraction of sp³-hybridized carbons (Fsp3) is 0. The Hall–Kier alpha value is -6.60. The predicted octanol–water partition coefficient (Wildman–Crippen LogP) is 13.5. The maximum atomic E-state index is 5.19. The molecule has 0 saturated heterocycles. The summed E-state index contributed by atoms with van der Waals surface area (Å²) in [6, 6.07) is 59.9. The molecule has 0 amide bonds. The SMILES string of the molecule is c1ccc(-c2nc(-c3ccc4ccccc4c3)nc(-c3cc(-c4ccc5c(c4)sc4cc6nc(-c7ccccc7)sc6cc45)cc4ccccc34)n2)cc1. The topological polar surface area (TPSA) is 51.6 Å². The van der Waals surface area contributed by atoms with Gasteiger partial charge in [-0.2, -0.15) is 0 Å². The second-order valence-corrected chi connectivity index (χ2v) is 15.6. The Labute approximate surface area is 318 Å². The van der Waals surface area contributed by atoms with Crippen molar-refractivity contribution >= 4 is 74.6 Å². The highest BCUT2D eigenvalue weighted by Crippen LogP contribution is 2.42. The lowest BCUT2D eigenvalue weighted by molar-refractivity contribution is 1.08. The summed E-state index contributed by atoms with van der Waals surface area (Å²) in [5, 5.41) is 8.16. The molecule has 0 saturated carbocycles. The first-order chi connectivity index (χ1) is 26.7. The molecule has 0 unspecified atom stereocenters. The molecule has 252 valence electrons. The molecule has 4 nitrogen and oxygen atoms in total. The lowest BCUT2D eigenvalue weighted by atomic mass is 9.95. The quantitative estimate of drug-likeness (QED) is 0.177. The highest BCUT2D eigenvalue weighted by molar-refractivity contribution is 7.26. The summed E-state index contributed by atoms with van der Waals surface area (Å²) in [4.78, 5) is 20.4. The van der Waals surface area contributed by atoms with E-state index in [9.17, 15) is 0 Å². The van der Waals surface area contributed by atoms with E-state index in [0.29, 0.717) is 17.5 Å². The first-order valence-electron chi connectivity index (χ1n) is 17.9. The molecule has 6 heteroatoms. The van der Waals surface area contributed by atoms with Gasteiger partial charge in [0.1, 0.15) is 5.01 Å². The smallest absolute Gasteiger partial charge is 0.164 e. The van der Waals surface area contributed by atoms with Gasteiger partial charge in [-0.15, -0.1) is 22.7 Å². The van der Waals surface area contributed by atoms with Crippen molar-refractivity contribution in [3.8, 4) is 55.9 Å². The van der Waals surface area contributed by atoms with E-state index in [1.54, 1.807) is 11.3 Å². The summed E-state index contributed by atoms with van der Waals surface area (Å²) < 4.78 is 3.71. The van der Waals surface area contributed by atoms with Crippen LogP contribution in [0.25, 0.3) is 108 Å². The maximum Gasteiger partial charge on any atom is 0.164 e. The molecule has 11 aromatic rings. The van der Waals surface area contributed by atoms with E-state index in [1.807, 2.05) is 35.6 Å². The highest BCUT2D eigenvalue weighted by Gasteiger charge is 2.17. The number of benzene rings is 8. The molecule has 0 spiro atoms. The van der Waals surface area contributed by atoms with Crippen LogP contribution in [0.1, 0.15) is 0 Å². The molecule has 0 aliphatic carbocycles. The molecule has 3 aromatic heterocycles. The van der Waals surface area contributed by atoms with Gasteiger partial charge in [-0.3, -0.25) is 0 Å². The molecule has 0 bridgehead atoms. The van der Waals surface area contributed by atoms with E-state index in [2.05, 4.69) is 146 Å². The average Bonchev–Trinajstić information content (AvgIpc) is 3.82. The summed E-state index contributed by atoms with van der Waals surface area (Å²) in [5.74, 6) is 1.95.